The van der Waals surface area contributed by atoms with Crippen LogP contribution >= 0.6 is 0 Å². The Morgan fingerprint density at radius 3 is 2.95 bits per heavy atom. The molecule has 0 saturated heterocycles. The second kappa shape index (κ2) is 5.06. The maximum absolute atomic E-state index is 12.5. The summed E-state index contributed by atoms with van der Waals surface area (Å²) in [5, 5.41) is 9.40. The molecule has 0 saturated carbocycles. The molecule has 5 heteroatoms. The number of ketones is 1. The lowest BCUT2D eigenvalue weighted by molar-refractivity contribution is -0.117. The van der Waals surface area contributed by atoms with Gasteiger partial charge in [0.2, 0.25) is 5.88 Å². The van der Waals surface area contributed by atoms with E-state index in [2.05, 4.69) is 11.1 Å². The summed E-state index contributed by atoms with van der Waals surface area (Å²) in [5.74, 6) is 0.476. The number of carbonyl (C=O) groups excluding carboxylic acids is 1. The number of aromatic nitrogens is 1. The van der Waals surface area contributed by atoms with Crippen LogP contribution in [0.25, 0.3) is 0 Å². The first-order valence-corrected chi connectivity index (χ1v) is 6.85. The predicted octanol–water partition coefficient (Wildman–Crippen LogP) is 2.14. The lowest BCUT2D eigenvalue weighted by Crippen LogP contribution is -2.29. The SMILES string of the molecule is C[C@H]1CC(=O)C2=C(C1)OC(N)=C(C#N)[C@H]2c1cccnc1. The highest BCUT2D eigenvalue weighted by Gasteiger charge is 2.39. The van der Waals surface area contributed by atoms with Crippen molar-refractivity contribution in [2.75, 3.05) is 0 Å². The average molecular weight is 281 g/mol. The van der Waals surface area contributed by atoms with Crippen molar-refractivity contribution in [2.45, 2.75) is 25.7 Å². The van der Waals surface area contributed by atoms with Crippen LogP contribution in [0, 0.1) is 17.2 Å². The molecular formula is C16H15N3O2. The van der Waals surface area contributed by atoms with Gasteiger partial charge in [-0.1, -0.05) is 13.0 Å². The summed E-state index contributed by atoms with van der Waals surface area (Å²) in [4.78, 5) is 16.5. The number of nitrogens with two attached hydrogens (primary N) is 1. The summed E-state index contributed by atoms with van der Waals surface area (Å²) in [5.41, 5.74) is 7.52. The fraction of sp³-hybridized carbons (Fsp3) is 0.312. The first-order chi connectivity index (χ1) is 10.1. The van der Waals surface area contributed by atoms with E-state index in [0.29, 0.717) is 24.2 Å². The zero-order valence-corrected chi connectivity index (χ0v) is 11.7. The van der Waals surface area contributed by atoms with Crippen LogP contribution < -0.4 is 5.73 Å². The van der Waals surface area contributed by atoms with E-state index in [1.54, 1.807) is 18.5 Å². The number of allylic oxidation sites excluding steroid dienone is 3. The maximum atomic E-state index is 12.5. The van der Waals surface area contributed by atoms with E-state index < -0.39 is 5.92 Å². The van der Waals surface area contributed by atoms with Gasteiger partial charge in [0.05, 0.1) is 5.92 Å². The third-order valence-corrected chi connectivity index (χ3v) is 3.88. The Morgan fingerprint density at radius 1 is 1.48 bits per heavy atom. The molecule has 2 heterocycles. The van der Waals surface area contributed by atoms with Gasteiger partial charge in [-0.2, -0.15) is 5.26 Å². The summed E-state index contributed by atoms with van der Waals surface area (Å²) >= 11 is 0. The molecule has 2 N–H and O–H groups in total. The molecule has 0 bridgehead atoms. The summed E-state index contributed by atoms with van der Waals surface area (Å²) in [7, 11) is 0. The molecule has 0 amide bonds. The molecule has 2 aliphatic rings. The lowest BCUT2D eigenvalue weighted by atomic mass is 9.76. The molecule has 106 valence electrons. The molecule has 2 atom stereocenters. The van der Waals surface area contributed by atoms with Crippen molar-refractivity contribution in [1.82, 2.24) is 4.98 Å². The number of hydrogen-bond donors (Lipinski definition) is 1. The van der Waals surface area contributed by atoms with Crippen LogP contribution in [-0.2, 0) is 9.53 Å². The van der Waals surface area contributed by atoms with Crippen LogP contribution in [0.2, 0.25) is 0 Å². The quantitative estimate of drug-likeness (QED) is 0.851. The third-order valence-electron chi connectivity index (χ3n) is 3.88. The standard InChI is InChI=1S/C16H15N3O2/c1-9-5-12(20)15-13(6-9)21-16(18)11(7-17)14(15)10-3-2-4-19-8-10/h2-4,8-9,14H,5-6,18H2,1H3/t9-,14+/m0/s1. The largest absolute Gasteiger partial charge is 0.444 e. The normalized spacial score (nSPS) is 25.2. The van der Waals surface area contributed by atoms with Crippen molar-refractivity contribution >= 4 is 5.78 Å². The number of carbonyl (C=O) groups is 1. The van der Waals surface area contributed by atoms with Crippen LogP contribution in [0.1, 0.15) is 31.2 Å². The first kappa shape index (κ1) is 13.4. The zero-order chi connectivity index (χ0) is 15.0. The van der Waals surface area contributed by atoms with E-state index in [9.17, 15) is 10.1 Å². The number of pyridine rings is 1. The van der Waals surface area contributed by atoms with E-state index in [-0.39, 0.29) is 23.2 Å². The molecule has 5 nitrogen and oxygen atoms in total. The second-order valence-electron chi connectivity index (χ2n) is 5.48. The highest BCUT2D eigenvalue weighted by atomic mass is 16.5. The van der Waals surface area contributed by atoms with Crippen LogP contribution in [0.5, 0.6) is 0 Å². The van der Waals surface area contributed by atoms with Crippen molar-refractivity contribution in [3.8, 4) is 6.07 Å². The Morgan fingerprint density at radius 2 is 2.29 bits per heavy atom. The lowest BCUT2D eigenvalue weighted by Gasteiger charge is -2.32. The van der Waals surface area contributed by atoms with Crippen molar-refractivity contribution in [3.05, 3.63) is 52.9 Å². The molecule has 21 heavy (non-hydrogen) atoms. The molecule has 1 aromatic heterocycles. The minimum absolute atomic E-state index is 0.0258. The van der Waals surface area contributed by atoms with Crippen molar-refractivity contribution in [3.63, 3.8) is 0 Å². The van der Waals surface area contributed by atoms with Gasteiger partial charge in [0, 0.05) is 30.8 Å². The minimum Gasteiger partial charge on any atom is -0.444 e. The smallest absolute Gasteiger partial charge is 0.205 e. The molecule has 0 radical (unpaired) electrons. The van der Waals surface area contributed by atoms with E-state index in [1.807, 2.05) is 13.0 Å². The molecule has 0 fully saturated rings. The molecular weight excluding hydrogens is 266 g/mol. The van der Waals surface area contributed by atoms with Gasteiger partial charge in [-0.25, -0.2) is 0 Å². The summed E-state index contributed by atoms with van der Waals surface area (Å²) in [6.45, 7) is 2.00. The Bertz CT molecular complexity index is 698. The predicted molar refractivity (Wildman–Crippen MR) is 75.3 cm³/mol. The molecule has 0 aromatic carbocycles. The Balaban J connectivity index is 2.17. The van der Waals surface area contributed by atoms with Crippen molar-refractivity contribution in [2.24, 2.45) is 11.7 Å². The number of rotatable bonds is 1. The zero-order valence-electron chi connectivity index (χ0n) is 11.7. The van der Waals surface area contributed by atoms with E-state index >= 15 is 0 Å². The minimum atomic E-state index is -0.465. The van der Waals surface area contributed by atoms with Crippen LogP contribution in [-0.4, -0.2) is 10.8 Å². The van der Waals surface area contributed by atoms with Gasteiger partial charge < -0.3 is 10.5 Å². The highest BCUT2D eigenvalue weighted by molar-refractivity contribution is 5.99. The van der Waals surface area contributed by atoms with E-state index in [4.69, 9.17) is 10.5 Å². The van der Waals surface area contributed by atoms with E-state index in [1.165, 1.54) is 0 Å². The van der Waals surface area contributed by atoms with Gasteiger partial charge in [-0.05, 0) is 17.5 Å². The van der Waals surface area contributed by atoms with E-state index in [0.717, 1.165) is 5.56 Å². The van der Waals surface area contributed by atoms with Gasteiger partial charge in [0.25, 0.3) is 0 Å². The average Bonchev–Trinajstić information content (AvgIpc) is 2.46. The molecule has 1 aliphatic heterocycles. The topological polar surface area (TPSA) is 89.0 Å². The Kier molecular flexibility index (Phi) is 3.22. The van der Waals surface area contributed by atoms with Crippen molar-refractivity contribution < 1.29 is 9.53 Å². The van der Waals surface area contributed by atoms with Crippen LogP contribution in [0.3, 0.4) is 0 Å². The summed E-state index contributed by atoms with van der Waals surface area (Å²) in [6, 6.07) is 5.72. The number of Topliss-reactive ketones (excluding diaryl/α,β-unsaturated/α-hetero) is 1. The van der Waals surface area contributed by atoms with Gasteiger partial charge in [0.15, 0.2) is 5.78 Å². The first-order valence-electron chi connectivity index (χ1n) is 6.85. The Hall–Kier alpha value is -2.61. The highest BCUT2D eigenvalue weighted by Crippen LogP contribution is 2.44. The summed E-state index contributed by atoms with van der Waals surface area (Å²) in [6.07, 6.45) is 4.45. The van der Waals surface area contributed by atoms with Gasteiger partial charge in [0.1, 0.15) is 17.4 Å². The number of nitriles is 1. The van der Waals surface area contributed by atoms with Gasteiger partial charge >= 0.3 is 0 Å². The second-order valence-corrected chi connectivity index (χ2v) is 5.48. The summed E-state index contributed by atoms with van der Waals surface area (Å²) < 4.78 is 5.56. The van der Waals surface area contributed by atoms with Crippen LogP contribution in [0.15, 0.2) is 47.3 Å². The fourth-order valence-corrected chi connectivity index (χ4v) is 2.97. The molecule has 3 rings (SSSR count). The van der Waals surface area contributed by atoms with Crippen molar-refractivity contribution in [1.29, 1.82) is 5.26 Å². The molecule has 1 aromatic rings. The van der Waals surface area contributed by atoms with Gasteiger partial charge in [-0.3, -0.25) is 9.78 Å². The number of hydrogen-bond acceptors (Lipinski definition) is 5. The third kappa shape index (κ3) is 2.19. The Labute approximate surface area is 122 Å². The molecule has 0 spiro atoms. The number of ether oxygens (including phenoxy) is 1. The molecule has 1 aliphatic carbocycles. The maximum Gasteiger partial charge on any atom is 0.205 e. The molecule has 0 unspecified atom stereocenters. The van der Waals surface area contributed by atoms with Gasteiger partial charge in [-0.15, -0.1) is 0 Å². The fourth-order valence-electron chi connectivity index (χ4n) is 2.97. The van der Waals surface area contributed by atoms with Crippen LogP contribution in [0.4, 0.5) is 0 Å². The monoisotopic (exact) mass is 281 g/mol. The number of nitrogens with zero attached hydrogens (tertiary/aromatic N) is 2.